The lowest BCUT2D eigenvalue weighted by Crippen LogP contribution is -2.43. The zero-order valence-electron chi connectivity index (χ0n) is 8.34. The Morgan fingerprint density at radius 3 is 2.64 bits per heavy atom. The van der Waals surface area contributed by atoms with E-state index in [4.69, 9.17) is 5.73 Å². The third-order valence-electron chi connectivity index (χ3n) is 4.92. The molecule has 0 aromatic heterocycles. The van der Waals surface area contributed by atoms with Crippen molar-refractivity contribution in [2.24, 2.45) is 5.73 Å². The van der Waals surface area contributed by atoms with E-state index in [0.717, 1.165) is 13.0 Å². The summed E-state index contributed by atoms with van der Waals surface area (Å²) in [5, 5.41) is 0. The Balaban J connectivity index is 1.82. The van der Waals surface area contributed by atoms with Crippen LogP contribution in [0.1, 0.15) is 36.0 Å². The van der Waals surface area contributed by atoms with Crippen LogP contribution in [0.15, 0.2) is 18.2 Å². The summed E-state index contributed by atoms with van der Waals surface area (Å²) in [4.78, 5) is 0. The molecule has 1 nitrogen and oxygen atoms in total. The van der Waals surface area contributed by atoms with Crippen molar-refractivity contribution in [3.8, 4) is 0 Å². The highest BCUT2D eigenvalue weighted by Gasteiger charge is 2.82. The van der Waals surface area contributed by atoms with Crippen molar-refractivity contribution in [3.63, 3.8) is 0 Å². The molecule has 2 saturated carbocycles. The summed E-state index contributed by atoms with van der Waals surface area (Å²) >= 11 is 0. The summed E-state index contributed by atoms with van der Waals surface area (Å²) < 4.78 is 0. The van der Waals surface area contributed by atoms with E-state index in [9.17, 15) is 0 Å². The smallest absolute Gasteiger partial charge is 0.00624 e. The van der Waals surface area contributed by atoms with Crippen molar-refractivity contribution >= 4 is 0 Å². The predicted octanol–water partition coefficient (Wildman–Crippen LogP) is 1.87. The van der Waals surface area contributed by atoms with Gasteiger partial charge in [0.2, 0.25) is 0 Å². The van der Waals surface area contributed by atoms with Gasteiger partial charge >= 0.3 is 0 Å². The first-order chi connectivity index (χ1) is 6.82. The number of rotatable bonds is 2. The van der Waals surface area contributed by atoms with Crippen LogP contribution >= 0.6 is 0 Å². The van der Waals surface area contributed by atoms with Crippen LogP contribution in [-0.4, -0.2) is 6.54 Å². The normalized spacial score (nSPS) is 40.1. The quantitative estimate of drug-likeness (QED) is 0.748. The lowest BCUT2D eigenvalue weighted by Gasteiger charge is -2.47. The van der Waals surface area contributed by atoms with E-state index in [0.29, 0.717) is 10.8 Å². The molecule has 0 heterocycles. The summed E-state index contributed by atoms with van der Waals surface area (Å²) in [5.41, 5.74) is 11.8. The van der Waals surface area contributed by atoms with Gasteiger partial charge in [0.15, 0.2) is 0 Å². The van der Waals surface area contributed by atoms with Gasteiger partial charge in [-0.1, -0.05) is 18.2 Å². The third kappa shape index (κ3) is 0.521. The molecule has 0 amide bonds. The molecule has 2 fully saturated rings. The Labute approximate surface area is 84.3 Å². The van der Waals surface area contributed by atoms with Gasteiger partial charge in [-0.05, 0) is 48.9 Å². The summed E-state index contributed by atoms with van der Waals surface area (Å²) in [6, 6.07) is 7.07. The Morgan fingerprint density at radius 2 is 1.93 bits per heavy atom. The minimum absolute atomic E-state index is 0.687. The van der Waals surface area contributed by atoms with Gasteiger partial charge in [0.05, 0.1) is 0 Å². The van der Waals surface area contributed by atoms with Crippen molar-refractivity contribution < 1.29 is 0 Å². The number of benzene rings is 1. The molecule has 2 N–H and O–H groups in total. The highest BCUT2D eigenvalue weighted by atomic mass is 14.8. The lowest BCUT2D eigenvalue weighted by molar-refractivity contribution is 0.290. The van der Waals surface area contributed by atoms with Gasteiger partial charge in [-0.25, -0.2) is 0 Å². The molecule has 2 unspecified atom stereocenters. The number of hydrogen-bond acceptors (Lipinski definition) is 1. The molecule has 3 aliphatic rings. The molecule has 0 spiro atoms. The maximum absolute atomic E-state index is 5.58. The number of nitrogens with two attached hydrogens (primary N) is 1. The van der Waals surface area contributed by atoms with Gasteiger partial charge in [0.25, 0.3) is 0 Å². The fraction of sp³-hybridized carbons (Fsp3) is 0.538. The van der Waals surface area contributed by atoms with Crippen LogP contribution in [-0.2, 0) is 17.3 Å². The van der Waals surface area contributed by atoms with E-state index >= 15 is 0 Å². The zero-order valence-corrected chi connectivity index (χ0v) is 8.34. The molecular weight excluding hydrogens is 170 g/mol. The average molecular weight is 185 g/mol. The van der Waals surface area contributed by atoms with Gasteiger partial charge < -0.3 is 5.73 Å². The second-order valence-electron chi connectivity index (χ2n) is 5.26. The third-order valence-corrected chi connectivity index (χ3v) is 4.92. The predicted molar refractivity (Wildman–Crippen MR) is 56.4 cm³/mol. The summed E-state index contributed by atoms with van der Waals surface area (Å²) in [5.74, 6) is 0. The highest BCUT2D eigenvalue weighted by Crippen LogP contribution is 2.85. The van der Waals surface area contributed by atoms with Crippen LogP contribution in [0, 0.1) is 0 Å². The first-order valence-corrected chi connectivity index (χ1v) is 5.66. The maximum atomic E-state index is 5.58. The van der Waals surface area contributed by atoms with Crippen LogP contribution in [0.3, 0.4) is 0 Å². The first-order valence-electron chi connectivity index (χ1n) is 5.66. The highest BCUT2D eigenvalue weighted by molar-refractivity contribution is 5.69. The molecule has 0 radical (unpaired) electrons. The largest absolute Gasteiger partial charge is 0.330 e. The Bertz CT molecular complexity index is 437. The topological polar surface area (TPSA) is 26.0 Å². The SMILES string of the molecule is NCCc1ccc2c(c1)C13CCC21C3. The van der Waals surface area contributed by atoms with E-state index in [2.05, 4.69) is 18.2 Å². The van der Waals surface area contributed by atoms with Gasteiger partial charge in [0, 0.05) is 10.8 Å². The van der Waals surface area contributed by atoms with Crippen molar-refractivity contribution in [2.45, 2.75) is 36.5 Å². The lowest BCUT2D eigenvalue weighted by atomic mass is 9.56. The molecule has 72 valence electrons. The molecule has 14 heavy (non-hydrogen) atoms. The minimum Gasteiger partial charge on any atom is -0.330 e. The van der Waals surface area contributed by atoms with Crippen LogP contribution in [0.5, 0.6) is 0 Å². The van der Waals surface area contributed by atoms with Gasteiger partial charge in [-0.15, -0.1) is 0 Å². The van der Waals surface area contributed by atoms with Crippen molar-refractivity contribution in [3.05, 3.63) is 34.9 Å². The van der Waals surface area contributed by atoms with Crippen LogP contribution < -0.4 is 5.73 Å². The Morgan fingerprint density at radius 1 is 1.14 bits per heavy atom. The average Bonchev–Trinajstić information content (AvgIpc) is 2.59. The molecule has 1 heteroatoms. The molecule has 2 atom stereocenters. The first kappa shape index (κ1) is 7.47. The fourth-order valence-corrected chi connectivity index (χ4v) is 4.02. The van der Waals surface area contributed by atoms with E-state index in [1.54, 1.807) is 11.1 Å². The van der Waals surface area contributed by atoms with Gasteiger partial charge in [0.1, 0.15) is 0 Å². The molecule has 4 rings (SSSR count). The summed E-state index contributed by atoms with van der Waals surface area (Å²) in [6.45, 7) is 0.775. The minimum atomic E-state index is 0.687. The van der Waals surface area contributed by atoms with Crippen LogP contribution in [0.2, 0.25) is 0 Å². The molecule has 0 saturated heterocycles. The second kappa shape index (κ2) is 1.92. The monoisotopic (exact) mass is 185 g/mol. The zero-order chi connectivity index (χ0) is 9.39. The van der Waals surface area contributed by atoms with Gasteiger partial charge in [-0.3, -0.25) is 0 Å². The van der Waals surface area contributed by atoms with E-state index in [-0.39, 0.29) is 0 Å². The van der Waals surface area contributed by atoms with Crippen molar-refractivity contribution in [2.75, 3.05) is 6.54 Å². The Hall–Kier alpha value is -0.820. The van der Waals surface area contributed by atoms with Crippen LogP contribution in [0.4, 0.5) is 0 Å². The van der Waals surface area contributed by atoms with Crippen molar-refractivity contribution in [1.29, 1.82) is 0 Å². The van der Waals surface area contributed by atoms with E-state index in [1.807, 2.05) is 0 Å². The van der Waals surface area contributed by atoms with Gasteiger partial charge in [-0.2, -0.15) is 0 Å². The maximum Gasteiger partial charge on any atom is 0.00624 e. The molecule has 3 aliphatic carbocycles. The van der Waals surface area contributed by atoms with E-state index < -0.39 is 0 Å². The Kier molecular flexibility index (Phi) is 1.02. The number of hydrogen-bond donors (Lipinski definition) is 1. The molecular formula is C13H15N. The van der Waals surface area contributed by atoms with Crippen LogP contribution in [0.25, 0.3) is 0 Å². The summed E-state index contributed by atoms with van der Waals surface area (Å²) in [6.07, 6.45) is 5.40. The number of fused-ring (bicyclic) bond motifs is 1. The molecule has 1 aromatic rings. The molecule has 0 bridgehead atoms. The molecule has 0 aliphatic heterocycles. The fourth-order valence-electron chi connectivity index (χ4n) is 4.02. The van der Waals surface area contributed by atoms with E-state index in [1.165, 1.54) is 24.8 Å². The molecule has 1 aromatic carbocycles. The summed E-state index contributed by atoms with van der Waals surface area (Å²) in [7, 11) is 0. The second-order valence-corrected chi connectivity index (χ2v) is 5.26. The standard InChI is InChI=1S/C13H15N/c14-6-3-9-1-2-10-11(7-9)13-5-4-12(10,13)8-13/h1-2,7H,3-6,8,14H2. The van der Waals surface area contributed by atoms with Crippen molar-refractivity contribution in [1.82, 2.24) is 0 Å².